The van der Waals surface area contributed by atoms with Crippen LogP contribution in [0.2, 0.25) is 0 Å². The van der Waals surface area contributed by atoms with Gasteiger partial charge in [0.15, 0.2) is 0 Å². The van der Waals surface area contributed by atoms with Gasteiger partial charge in [0.1, 0.15) is 18.0 Å². The van der Waals surface area contributed by atoms with Gasteiger partial charge in [-0.05, 0) is 45.6 Å². The Morgan fingerprint density at radius 2 is 2.09 bits per heavy atom. The fourth-order valence-electron chi connectivity index (χ4n) is 3.17. The first kappa shape index (κ1) is 15.0. The molecular weight excluding hydrogens is 274 g/mol. The smallest absolute Gasteiger partial charge is 0.134 e. The molecule has 1 fully saturated rings. The molecule has 0 bridgehead atoms. The fraction of sp³-hybridized carbons (Fsp3) is 0.588. The Hall–Kier alpha value is -1.91. The van der Waals surface area contributed by atoms with E-state index in [2.05, 4.69) is 53.7 Å². The Balaban J connectivity index is 1.92. The van der Waals surface area contributed by atoms with Gasteiger partial charge < -0.3 is 5.32 Å². The van der Waals surface area contributed by atoms with E-state index in [1.807, 2.05) is 6.07 Å². The molecule has 0 saturated heterocycles. The number of hydrogen-bond donors (Lipinski definition) is 1. The monoisotopic (exact) mass is 299 g/mol. The molecule has 5 nitrogen and oxygen atoms in total. The van der Waals surface area contributed by atoms with Crippen molar-refractivity contribution < 1.29 is 0 Å². The summed E-state index contributed by atoms with van der Waals surface area (Å²) in [6.45, 7) is 8.85. The molecule has 0 amide bonds. The van der Waals surface area contributed by atoms with Crippen LogP contribution in [0.1, 0.15) is 58.6 Å². The van der Waals surface area contributed by atoms with Gasteiger partial charge in [0, 0.05) is 18.2 Å². The van der Waals surface area contributed by atoms with Gasteiger partial charge in [-0.3, -0.25) is 0 Å². The van der Waals surface area contributed by atoms with E-state index < -0.39 is 0 Å². The second-order valence-corrected chi connectivity index (χ2v) is 7.37. The summed E-state index contributed by atoms with van der Waals surface area (Å²) in [5, 5.41) is 8.29. The number of anilines is 2. The van der Waals surface area contributed by atoms with Gasteiger partial charge in [0.05, 0.1) is 11.2 Å². The third kappa shape index (κ3) is 3.13. The maximum Gasteiger partial charge on any atom is 0.134 e. The third-order valence-corrected chi connectivity index (χ3v) is 4.31. The summed E-state index contributed by atoms with van der Waals surface area (Å²) in [7, 11) is 0. The van der Waals surface area contributed by atoms with Gasteiger partial charge in [-0.1, -0.05) is 13.3 Å². The van der Waals surface area contributed by atoms with Gasteiger partial charge in [0.2, 0.25) is 0 Å². The van der Waals surface area contributed by atoms with E-state index in [4.69, 9.17) is 5.10 Å². The molecule has 118 valence electrons. The second kappa shape index (κ2) is 5.71. The summed E-state index contributed by atoms with van der Waals surface area (Å²) < 4.78 is 2.08. The lowest BCUT2D eigenvalue weighted by molar-refractivity contribution is 0.356. The molecule has 0 aromatic carbocycles. The average molecular weight is 299 g/mol. The maximum atomic E-state index is 4.90. The van der Waals surface area contributed by atoms with E-state index in [1.165, 1.54) is 25.0 Å². The van der Waals surface area contributed by atoms with Crippen molar-refractivity contribution in [3.05, 3.63) is 30.4 Å². The average Bonchev–Trinajstić information content (AvgIpc) is 3.06. The van der Waals surface area contributed by atoms with Gasteiger partial charge in [-0.25, -0.2) is 14.6 Å². The van der Waals surface area contributed by atoms with Crippen molar-refractivity contribution in [1.82, 2.24) is 19.7 Å². The zero-order valence-electron chi connectivity index (χ0n) is 13.9. The molecule has 2 aromatic heterocycles. The molecule has 2 atom stereocenters. The summed E-state index contributed by atoms with van der Waals surface area (Å²) in [6, 6.07) is 4.06. The van der Waals surface area contributed by atoms with Crippen LogP contribution in [0.25, 0.3) is 0 Å². The molecule has 22 heavy (non-hydrogen) atoms. The van der Waals surface area contributed by atoms with Crippen molar-refractivity contribution in [2.24, 2.45) is 5.92 Å². The molecule has 5 heteroatoms. The minimum absolute atomic E-state index is 0.0716. The van der Waals surface area contributed by atoms with Crippen molar-refractivity contribution >= 4 is 11.6 Å². The van der Waals surface area contributed by atoms with Crippen LogP contribution in [0.5, 0.6) is 0 Å². The summed E-state index contributed by atoms with van der Waals surface area (Å²) in [5.41, 5.74) is 1.13. The van der Waals surface area contributed by atoms with Crippen LogP contribution in [-0.2, 0) is 5.54 Å². The first-order valence-corrected chi connectivity index (χ1v) is 8.07. The first-order chi connectivity index (χ1) is 10.4. The molecule has 0 unspecified atom stereocenters. The Kier molecular flexibility index (Phi) is 3.89. The van der Waals surface area contributed by atoms with Crippen LogP contribution in [0.4, 0.5) is 11.6 Å². The van der Waals surface area contributed by atoms with Crippen molar-refractivity contribution in [2.45, 2.75) is 58.4 Å². The molecule has 1 aliphatic rings. The van der Waals surface area contributed by atoms with Crippen molar-refractivity contribution in [1.29, 1.82) is 0 Å². The first-order valence-electron chi connectivity index (χ1n) is 8.07. The van der Waals surface area contributed by atoms with Crippen LogP contribution in [0, 0.1) is 5.92 Å². The molecule has 0 radical (unpaired) electrons. The van der Waals surface area contributed by atoms with Crippen LogP contribution < -0.4 is 5.32 Å². The van der Waals surface area contributed by atoms with E-state index in [-0.39, 0.29) is 5.54 Å². The summed E-state index contributed by atoms with van der Waals surface area (Å²) in [6.07, 6.45) is 7.09. The molecule has 0 aliphatic heterocycles. The van der Waals surface area contributed by atoms with Crippen LogP contribution in [0.3, 0.4) is 0 Å². The summed E-state index contributed by atoms with van der Waals surface area (Å²) in [5.74, 6) is 3.19. The highest BCUT2D eigenvalue weighted by molar-refractivity contribution is 5.52. The minimum atomic E-state index is -0.0716. The van der Waals surface area contributed by atoms with Crippen LogP contribution >= 0.6 is 0 Å². The molecule has 1 N–H and O–H groups in total. The number of nitrogens with zero attached hydrogens (tertiary/aromatic N) is 4. The Labute approximate surface area is 132 Å². The molecule has 1 aliphatic carbocycles. The van der Waals surface area contributed by atoms with Gasteiger partial charge in [-0.15, -0.1) is 0 Å². The van der Waals surface area contributed by atoms with Gasteiger partial charge >= 0.3 is 0 Å². The molecule has 3 rings (SSSR count). The zero-order chi connectivity index (χ0) is 15.7. The molecule has 2 heterocycles. The summed E-state index contributed by atoms with van der Waals surface area (Å²) in [4.78, 5) is 8.21. The lowest BCUT2D eigenvalue weighted by Gasteiger charge is -2.22. The highest BCUT2D eigenvalue weighted by Gasteiger charge is 2.28. The lowest BCUT2D eigenvalue weighted by atomic mass is 10.0. The van der Waals surface area contributed by atoms with Crippen LogP contribution in [0.15, 0.2) is 24.7 Å². The van der Waals surface area contributed by atoms with E-state index in [9.17, 15) is 0 Å². The van der Waals surface area contributed by atoms with Crippen molar-refractivity contribution in [3.63, 3.8) is 0 Å². The largest absolute Gasteiger partial charge is 0.325 e. The highest BCUT2D eigenvalue weighted by Crippen LogP contribution is 2.39. The predicted molar refractivity (Wildman–Crippen MR) is 88.3 cm³/mol. The van der Waals surface area contributed by atoms with E-state index >= 15 is 0 Å². The molecular formula is C17H25N5. The number of nitrogens with one attached hydrogen (secondary N) is 1. The maximum absolute atomic E-state index is 4.90. The Bertz CT molecular complexity index is 626. The van der Waals surface area contributed by atoms with Gasteiger partial charge in [0.25, 0.3) is 0 Å². The quantitative estimate of drug-likeness (QED) is 0.928. The van der Waals surface area contributed by atoms with E-state index in [1.54, 1.807) is 12.5 Å². The minimum Gasteiger partial charge on any atom is -0.325 e. The van der Waals surface area contributed by atoms with E-state index in [0.29, 0.717) is 5.92 Å². The van der Waals surface area contributed by atoms with Crippen molar-refractivity contribution in [2.75, 3.05) is 5.32 Å². The fourth-order valence-corrected chi connectivity index (χ4v) is 3.17. The topological polar surface area (TPSA) is 55.6 Å². The van der Waals surface area contributed by atoms with Crippen LogP contribution in [-0.4, -0.2) is 19.7 Å². The Morgan fingerprint density at radius 3 is 2.68 bits per heavy atom. The standard InChI is InChI=1S/C17H25N5/c1-12-5-6-13(9-12)14-10-16(22(21-14)17(2,3)4)20-15-7-8-18-11-19-15/h7-8,10-13H,5-6,9H2,1-4H3,(H,18,19,20)/t12-,13+/m1/s1. The SMILES string of the molecule is C[C@@H]1CC[C@H](c2cc(Nc3ccncn3)n(C(C)(C)C)n2)C1. The molecule has 2 aromatic rings. The Morgan fingerprint density at radius 1 is 1.27 bits per heavy atom. The summed E-state index contributed by atoms with van der Waals surface area (Å²) >= 11 is 0. The normalized spacial score (nSPS) is 22.0. The number of rotatable bonds is 3. The third-order valence-electron chi connectivity index (χ3n) is 4.31. The zero-order valence-corrected chi connectivity index (χ0v) is 13.9. The lowest BCUT2D eigenvalue weighted by Crippen LogP contribution is -2.24. The molecule has 0 spiro atoms. The highest BCUT2D eigenvalue weighted by atomic mass is 15.4. The van der Waals surface area contributed by atoms with Crippen molar-refractivity contribution in [3.8, 4) is 0 Å². The van der Waals surface area contributed by atoms with E-state index in [0.717, 1.165) is 17.6 Å². The number of aromatic nitrogens is 4. The number of hydrogen-bond acceptors (Lipinski definition) is 4. The predicted octanol–water partition coefficient (Wildman–Crippen LogP) is 4.08. The van der Waals surface area contributed by atoms with Gasteiger partial charge in [-0.2, -0.15) is 5.10 Å². The second-order valence-electron chi connectivity index (χ2n) is 7.37. The molecule has 1 saturated carbocycles.